The molecule has 0 aliphatic heterocycles. The SMILES string of the molecule is COCCCN(CC(=O)Nc1cc(C(C)(C)C)nn1-c1cccc(C)c1)C(=O)C1CCCCC1. The van der Waals surface area contributed by atoms with Crippen LogP contribution in [0.4, 0.5) is 5.82 Å². The van der Waals surface area contributed by atoms with E-state index in [0.717, 1.165) is 42.6 Å². The number of carbonyl (C=O) groups excluding carboxylic acids is 2. The molecule has 0 atom stereocenters. The van der Waals surface area contributed by atoms with E-state index in [9.17, 15) is 9.59 Å². The smallest absolute Gasteiger partial charge is 0.245 e. The number of amides is 2. The molecule has 0 spiro atoms. The molecular formula is C27H40N4O3. The van der Waals surface area contributed by atoms with Crippen molar-refractivity contribution in [3.05, 3.63) is 41.6 Å². The van der Waals surface area contributed by atoms with Gasteiger partial charge in [0.2, 0.25) is 11.8 Å². The van der Waals surface area contributed by atoms with Crippen LogP contribution in [0.25, 0.3) is 5.69 Å². The summed E-state index contributed by atoms with van der Waals surface area (Å²) in [6.07, 6.45) is 5.89. The van der Waals surface area contributed by atoms with Gasteiger partial charge in [0.25, 0.3) is 0 Å². The number of rotatable bonds is 9. The van der Waals surface area contributed by atoms with E-state index in [1.165, 1.54) is 6.42 Å². The van der Waals surface area contributed by atoms with Gasteiger partial charge in [0.15, 0.2) is 0 Å². The van der Waals surface area contributed by atoms with Crippen LogP contribution < -0.4 is 5.32 Å². The van der Waals surface area contributed by atoms with Gasteiger partial charge in [-0.25, -0.2) is 4.68 Å². The lowest BCUT2D eigenvalue weighted by Crippen LogP contribution is -2.42. The van der Waals surface area contributed by atoms with E-state index in [1.54, 1.807) is 16.7 Å². The van der Waals surface area contributed by atoms with Crippen molar-refractivity contribution >= 4 is 17.6 Å². The van der Waals surface area contributed by atoms with Gasteiger partial charge in [-0.15, -0.1) is 0 Å². The molecule has 1 N–H and O–H groups in total. The van der Waals surface area contributed by atoms with Gasteiger partial charge in [-0.2, -0.15) is 5.10 Å². The Balaban J connectivity index is 1.80. The molecule has 1 aliphatic rings. The number of methoxy groups -OCH3 is 1. The van der Waals surface area contributed by atoms with E-state index >= 15 is 0 Å². The van der Waals surface area contributed by atoms with E-state index in [-0.39, 0.29) is 29.7 Å². The summed E-state index contributed by atoms with van der Waals surface area (Å²) in [7, 11) is 1.65. The Bertz CT molecular complexity index is 970. The van der Waals surface area contributed by atoms with Gasteiger partial charge >= 0.3 is 0 Å². The van der Waals surface area contributed by atoms with Gasteiger partial charge in [-0.05, 0) is 43.9 Å². The number of nitrogens with zero attached hydrogens (tertiary/aromatic N) is 3. The second-order valence-corrected chi connectivity index (χ2v) is 10.4. The minimum absolute atomic E-state index is 0.0226. The molecule has 186 valence electrons. The number of anilines is 1. The molecule has 1 fully saturated rings. The molecule has 1 aliphatic carbocycles. The Morgan fingerprint density at radius 2 is 1.91 bits per heavy atom. The fourth-order valence-electron chi connectivity index (χ4n) is 4.42. The van der Waals surface area contributed by atoms with E-state index in [1.807, 2.05) is 37.3 Å². The van der Waals surface area contributed by atoms with Crippen LogP contribution >= 0.6 is 0 Å². The number of aryl methyl sites for hydroxylation is 1. The van der Waals surface area contributed by atoms with Crippen molar-refractivity contribution in [3.63, 3.8) is 0 Å². The van der Waals surface area contributed by atoms with Crippen LogP contribution in [-0.2, 0) is 19.7 Å². The maximum Gasteiger partial charge on any atom is 0.245 e. The molecule has 2 aromatic rings. The summed E-state index contributed by atoms with van der Waals surface area (Å²) in [6.45, 7) is 9.44. The highest BCUT2D eigenvalue weighted by molar-refractivity contribution is 5.94. The molecule has 1 aromatic heterocycles. The molecule has 1 aromatic carbocycles. The second kappa shape index (κ2) is 11.6. The Morgan fingerprint density at radius 3 is 2.56 bits per heavy atom. The predicted molar refractivity (Wildman–Crippen MR) is 135 cm³/mol. The Labute approximate surface area is 203 Å². The van der Waals surface area contributed by atoms with Crippen molar-refractivity contribution in [2.24, 2.45) is 5.92 Å². The van der Waals surface area contributed by atoms with Crippen LogP contribution in [-0.4, -0.2) is 53.3 Å². The normalized spacial score (nSPS) is 14.7. The molecule has 0 bridgehead atoms. The number of hydrogen-bond donors (Lipinski definition) is 1. The van der Waals surface area contributed by atoms with Crippen molar-refractivity contribution in [2.75, 3.05) is 32.1 Å². The number of ether oxygens (including phenoxy) is 1. The Hall–Kier alpha value is -2.67. The highest BCUT2D eigenvalue weighted by atomic mass is 16.5. The largest absolute Gasteiger partial charge is 0.385 e. The van der Waals surface area contributed by atoms with E-state index in [2.05, 4.69) is 26.1 Å². The van der Waals surface area contributed by atoms with Crippen molar-refractivity contribution in [2.45, 2.75) is 71.6 Å². The van der Waals surface area contributed by atoms with Gasteiger partial charge < -0.3 is 15.0 Å². The van der Waals surface area contributed by atoms with E-state index in [4.69, 9.17) is 9.84 Å². The maximum atomic E-state index is 13.2. The third-order valence-electron chi connectivity index (χ3n) is 6.37. The lowest BCUT2D eigenvalue weighted by Gasteiger charge is -2.29. The zero-order valence-electron chi connectivity index (χ0n) is 21.4. The van der Waals surface area contributed by atoms with Crippen molar-refractivity contribution in [1.29, 1.82) is 0 Å². The molecule has 0 unspecified atom stereocenters. The van der Waals surface area contributed by atoms with Crippen LogP contribution in [0.2, 0.25) is 0 Å². The number of benzene rings is 1. The summed E-state index contributed by atoms with van der Waals surface area (Å²) in [6, 6.07) is 9.96. The Morgan fingerprint density at radius 1 is 1.18 bits per heavy atom. The predicted octanol–water partition coefficient (Wildman–Crippen LogP) is 4.86. The quantitative estimate of drug-likeness (QED) is 0.533. The lowest BCUT2D eigenvalue weighted by atomic mass is 9.88. The first-order valence-corrected chi connectivity index (χ1v) is 12.4. The molecule has 2 amide bonds. The maximum absolute atomic E-state index is 13.2. The third kappa shape index (κ3) is 6.92. The Kier molecular flexibility index (Phi) is 8.89. The minimum Gasteiger partial charge on any atom is -0.385 e. The standard InChI is InChI=1S/C27H40N4O3/c1-20-11-9-14-22(17-20)31-24(18-23(29-31)27(2,3)4)28-25(32)19-30(15-10-16-34-5)26(33)21-12-7-6-8-13-21/h9,11,14,17-18,21H,6-8,10,12-13,15-16,19H2,1-5H3,(H,28,32). The zero-order chi connectivity index (χ0) is 24.7. The first-order valence-electron chi connectivity index (χ1n) is 12.4. The van der Waals surface area contributed by atoms with Crippen LogP contribution in [0.1, 0.15) is 70.6 Å². The lowest BCUT2D eigenvalue weighted by molar-refractivity contribution is -0.139. The highest BCUT2D eigenvalue weighted by Crippen LogP contribution is 2.27. The molecule has 34 heavy (non-hydrogen) atoms. The molecule has 0 radical (unpaired) electrons. The molecule has 7 nitrogen and oxygen atoms in total. The monoisotopic (exact) mass is 468 g/mol. The second-order valence-electron chi connectivity index (χ2n) is 10.4. The van der Waals surface area contributed by atoms with Gasteiger partial charge in [0, 0.05) is 37.7 Å². The van der Waals surface area contributed by atoms with Crippen molar-refractivity contribution in [1.82, 2.24) is 14.7 Å². The van der Waals surface area contributed by atoms with Crippen LogP contribution in [0.3, 0.4) is 0 Å². The summed E-state index contributed by atoms with van der Waals surface area (Å²) in [5.41, 5.74) is 2.73. The summed E-state index contributed by atoms with van der Waals surface area (Å²) in [4.78, 5) is 28.1. The van der Waals surface area contributed by atoms with Gasteiger partial charge in [0.1, 0.15) is 5.82 Å². The number of nitrogens with one attached hydrogen (secondary N) is 1. The van der Waals surface area contributed by atoms with E-state index < -0.39 is 0 Å². The third-order valence-corrected chi connectivity index (χ3v) is 6.37. The van der Waals surface area contributed by atoms with Gasteiger partial charge in [-0.1, -0.05) is 52.2 Å². The number of aromatic nitrogens is 2. The van der Waals surface area contributed by atoms with Crippen LogP contribution in [0.15, 0.2) is 30.3 Å². The number of carbonyl (C=O) groups is 2. The average molecular weight is 469 g/mol. The highest BCUT2D eigenvalue weighted by Gasteiger charge is 2.28. The first kappa shape index (κ1) is 25.9. The summed E-state index contributed by atoms with van der Waals surface area (Å²) < 4.78 is 6.96. The van der Waals surface area contributed by atoms with Crippen LogP contribution in [0, 0.1) is 12.8 Å². The zero-order valence-corrected chi connectivity index (χ0v) is 21.4. The molecule has 0 saturated heterocycles. The van der Waals surface area contributed by atoms with Gasteiger partial charge in [-0.3, -0.25) is 9.59 Å². The molecule has 3 rings (SSSR count). The summed E-state index contributed by atoms with van der Waals surface area (Å²) in [5, 5.41) is 7.84. The average Bonchev–Trinajstić information content (AvgIpc) is 3.23. The van der Waals surface area contributed by atoms with Crippen molar-refractivity contribution < 1.29 is 14.3 Å². The molecular weight excluding hydrogens is 428 g/mol. The van der Waals surface area contributed by atoms with E-state index in [0.29, 0.717) is 25.4 Å². The minimum atomic E-state index is -0.212. The van der Waals surface area contributed by atoms with Crippen LogP contribution in [0.5, 0.6) is 0 Å². The fourth-order valence-corrected chi connectivity index (χ4v) is 4.42. The van der Waals surface area contributed by atoms with Crippen molar-refractivity contribution in [3.8, 4) is 5.69 Å². The molecule has 7 heteroatoms. The topological polar surface area (TPSA) is 76.5 Å². The summed E-state index contributed by atoms with van der Waals surface area (Å²) in [5.74, 6) is 0.515. The molecule has 1 heterocycles. The first-order chi connectivity index (χ1) is 16.2. The number of hydrogen-bond acceptors (Lipinski definition) is 4. The van der Waals surface area contributed by atoms with Gasteiger partial charge in [0.05, 0.1) is 17.9 Å². The summed E-state index contributed by atoms with van der Waals surface area (Å²) >= 11 is 0. The molecule has 1 saturated carbocycles. The fraction of sp³-hybridized carbons (Fsp3) is 0.593.